The van der Waals surface area contributed by atoms with Gasteiger partial charge in [-0.2, -0.15) is 0 Å². The van der Waals surface area contributed by atoms with Gasteiger partial charge in [0, 0.05) is 12.5 Å². The van der Waals surface area contributed by atoms with Gasteiger partial charge in [-0.05, 0) is 30.5 Å². The smallest absolute Gasteiger partial charge is 0.122 e. The topological polar surface area (TPSA) is 18.5 Å². The average Bonchev–Trinajstić information content (AvgIpc) is 2.31. The molecule has 1 unspecified atom stereocenters. The summed E-state index contributed by atoms with van der Waals surface area (Å²) >= 11 is 5.76. The number of ether oxygens (including phenoxy) is 2. The second-order valence-corrected chi connectivity index (χ2v) is 4.01. The highest BCUT2D eigenvalue weighted by molar-refractivity contribution is 6.17. The maximum Gasteiger partial charge on any atom is 0.122 e. The van der Waals surface area contributed by atoms with Gasteiger partial charge in [-0.1, -0.05) is 12.1 Å². The quantitative estimate of drug-likeness (QED) is 0.738. The molecule has 2 nitrogen and oxygen atoms in total. The Bertz CT molecular complexity index is 308. The van der Waals surface area contributed by atoms with Crippen molar-refractivity contribution in [3.63, 3.8) is 0 Å². The Hall–Kier alpha value is -0.730. The van der Waals surface area contributed by atoms with Crippen LogP contribution < -0.4 is 4.74 Å². The fourth-order valence-corrected chi connectivity index (χ4v) is 1.86. The van der Waals surface area contributed by atoms with Crippen molar-refractivity contribution < 1.29 is 9.47 Å². The van der Waals surface area contributed by atoms with Crippen LogP contribution in [0.3, 0.4) is 0 Å². The van der Waals surface area contributed by atoms with Crippen LogP contribution in [0.4, 0.5) is 0 Å². The summed E-state index contributed by atoms with van der Waals surface area (Å²) in [5.74, 6) is 1.42. The number of rotatable bonds is 3. The lowest BCUT2D eigenvalue weighted by molar-refractivity contribution is 0.00741. The third-order valence-electron chi connectivity index (χ3n) is 2.47. The van der Waals surface area contributed by atoms with Crippen LogP contribution in [0.5, 0.6) is 5.75 Å². The zero-order valence-corrected chi connectivity index (χ0v) is 9.37. The molecule has 1 aromatic carbocycles. The Kier molecular flexibility index (Phi) is 3.87. The monoisotopic (exact) mass is 226 g/mol. The Morgan fingerprint density at radius 1 is 1.47 bits per heavy atom. The van der Waals surface area contributed by atoms with Gasteiger partial charge >= 0.3 is 0 Å². The minimum Gasteiger partial charge on any atom is -0.488 e. The molecule has 0 N–H and O–H groups in total. The van der Waals surface area contributed by atoms with Gasteiger partial charge < -0.3 is 9.47 Å². The summed E-state index contributed by atoms with van der Waals surface area (Å²) < 4.78 is 11.2. The zero-order chi connectivity index (χ0) is 10.5. The molecule has 1 aliphatic rings. The Labute approximate surface area is 95.1 Å². The van der Waals surface area contributed by atoms with Crippen LogP contribution in [0.1, 0.15) is 18.4 Å². The molecule has 3 heteroatoms. The molecule has 0 aromatic heterocycles. The summed E-state index contributed by atoms with van der Waals surface area (Å²) in [4.78, 5) is 0. The van der Waals surface area contributed by atoms with Crippen molar-refractivity contribution in [3.8, 4) is 5.75 Å². The Morgan fingerprint density at radius 2 is 2.40 bits per heavy atom. The second-order valence-electron chi connectivity index (χ2n) is 3.74. The number of alkyl halides is 1. The molecule has 1 heterocycles. The van der Waals surface area contributed by atoms with Crippen molar-refractivity contribution in [2.24, 2.45) is 0 Å². The summed E-state index contributed by atoms with van der Waals surface area (Å²) in [6.07, 6.45) is 2.36. The maximum atomic E-state index is 5.81. The lowest BCUT2D eigenvalue weighted by Gasteiger charge is -2.23. The van der Waals surface area contributed by atoms with Crippen LogP contribution in [0.2, 0.25) is 0 Å². The molecule has 1 aromatic rings. The van der Waals surface area contributed by atoms with Crippen LogP contribution in [-0.2, 0) is 10.6 Å². The van der Waals surface area contributed by atoms with Crippen LogP contribution in [-0.4, -0.2) is 19.3 Å². The van der Waals surface area contributed by atoms with Gasteiger partial charge in [0.2, 0.25) is 0 Å². The third-order valence-corrected chi connectivity index (χ3v) is 2.78. The van der Waals surface area contributed by atoms with Gasteiger partial charge in [-0.3, -0.25) is 0 Å². The van der Waals surface area contributed by atoms with E-state index < -0.39 is 0 Å². The Morgan fingerprint density at radius 3 is 3.13 bits per heavy atom. The molecule has 0 saturated carbocycles. The van der Waals surface area contributed by atoms with Crippen LogP contribution in [0, 0.1) is 0 Å². The summed E-state index contributed by atoms with van der Waals surface area (Å²) in [6, 6.07) is 7.92. The van der Waals surface area contributed by atoms with Crippen molar-refractivity contribution in [3.05, 3.63) is 29.8 Å². The highest BCUT2D eigenvalue weighted by Gasteiger charge is 2.15. The summed E-state index contributed by atoms with van der Waals surface area (Å²) in [7, 11) is 0. The zero-order valence-electron chi connectivity index (χ0n) is 8.62. The molecular formula is C12H15ClO2. The van der Waals surface area contributed by atoms with Gasteiger partial charge in [0.1, 0.15) is 11.9 Å². The van der Waals surface area contributed by atoms with E-state index in [1.807, 2.05) is 24.3 Å². The largest absolute Gasteiger partial charge is 0.488 e. The SMILES string of the molecule is ClCc1cccc(OC2CCCOC2)c1. The predicted molar refractivity (Wildman–Crippen MR) is 60.5 cm³/mol. The number of hydrogen-bond acceptors (Lipinski definition) is 2. The molecule has 0 radical (unpaired) electrons. The van der Waals surface area contributed by atoms with Crippen molar-refractivity contribution in [2.45, 2.75) is 24.8 Å². The van der Waals surface area contributed by atoms with E-state index >= 15 is 0 Å². The third kappa shape index (κ3) is 3.11. The van der Waals surface area contributed by atoms with Gasteiger partial charge in [0.25, 0.3) is 0 Å². The molecule has 0 spiro atoms. The van der Waals surface area contributed by atoms with Gasteiger partial charge in [0.15, 0.2) is 0 Å². The molecule has 15 heavy (non-hydrogen) atoms. The van der Waals surface area contributed by atoms with Crippen molar-refractivity contribution in [1.29, 1.82) is 0 Å². The Balaban J connectivity index is 1.96. The van der Waals surface area contributed by atoms with Crippen LogP contribution in [0.25, 0.3) is 0 Å². The van der Waals surface area contributed by atoms with E-state index in [1.54, 1.807) is 0 Å². The summed E-state index contributed by atoms with van der Waals surface area (Å²) in [5.41, 5.74) is 1.09. The first-order chi connectivity index (χ1) is 7.38. The standard InChI is InChI=1S/C12H15ClO2/c13-8-10-3-1-4-11(7-10)15-12-5-2-6-14-9-12/h1,3-4,7,12H,2,5-6,8-9H2. The number of hydrogen-bond donors (Lipinski definition) is 0. The van der Waals surface area contributed by atoms with E-state index in [2.05, 4.69) is 0 Å². The molecule has 1 atom stereocenters. The van der Waals surface area contributed by atoms with E-state index in [1.165, 1.54) is 0 Å². The first kappa shape index (κ1) is 10.8. The van der Waals surface area contributed by atoms with Gasteiger partial charge in [-0.15, -0.1) is 11.6 Å². The fraction of sp³-hybridized carbons (Fsp3) is 0.500. The van der Waals surface area contributed by atoms with Crippen molar-refractivity contribution >= 4 is 11.6 Å². The lowest BCUT2D eigenvalue weighted by Crippen LogP contribution is -2.27. The molecule has 0 bridgehead atoms. The summed E-state index contributed by atoms with van der Waals surface area (Å²) in [6.45, 7) is 1.56. The van der Waals surface area contributed by atoms with Gasteiger partial charge in [0.05, 0.1) is 6.61 Å². The van der Waals surface area contributed by atoms with Gasteiger partial charge in [-0.25, -0.2) is 0 Å². The molecule has 1 aliphatic heterocycles. The molecule has 1 fully saturated rings. The average molecular weight is 227 g/mol. The van der Waals surface area contributed by atoms with Crippen molar-refractivity contribution in [2.75, 3.05) is 13.2 Å². The van der Waals surface area contributed by atoms with Crippen molar-refractivity contribution in [1.82, 2.24) is 0 Å². The van der Waals surface area contributed by atoms with E-state index in [0.717, 1.165) is 30.8 Å². The van der Waals surface area contributed by atoms with Crippen LogP contribution >= 0.6 is 11.6 Å². The molecule has 0 amide bonds. The minimum atomic E-state index is 0.198. The van der Waals surface area contributed by atoms with E-state index in [0.29, 0.717) is 12.5 Å². The maximum absolute atomic E-state index is 5.81. The summed E-state index contributed by atoms with van der Waals surface area (Å²) in [5, 5.41) is 0. The molecule has 82 valence electrons. The predicted octanol–water partition coefficient (Wildman–Crippen LogP) is 2.98. The van der Waals surface area contributed by atoms with E-state index in [-0.39, 0.29) is 6.10 Å². The fourth-order valence-electron chi connectivity index (χ4n) is 1.70. The lowest BCUT2D eigenvalue weighted by atomic mass is 10.1. The van der Waals surface area contributed by atoms with E-state index in [4.69, 9.17) is 21.1 Å². The normalized spacial score (nSPS) is 21.3. The first-order valence-electron chi connectivity index (χ1n) is 5.28. The number of halogens is 1. The minimum absolute atomic E-state index is 0.198. The number of benzene rings is 1. The molecule has 0 aliphatic carbocycles. The second kappa shape index (κ2) is 5.38. The molecule has 1 saturated heterocycles. The molecular weight excluding hydrogens is 212 g/mol. The van der Waals surface area contributed by atoms with E-state index in [9.17, 15) is 0 Å². The highest BCUT2D eigenvalue weighted by atomic mass is 35.5. The van der Waals surface area contributed by atoms with Crippen LogP contribution in [0.15, 0.2) is 24.3 Å². The first-order valence-corrected chi connectivity index (χ1v) is 5.81. The highest BCUT2D eigenvalue weighted by Crippen LogP contribution is 2.19. The molecule has 2 rings (SSSR count).